The van der Waals surface area contributed by atoms with Crippen molar-refractivity contribution in [3.63, 3.8) is 0 Å². The Kier molecular flexibility index (Phi) is 6.33. The molecule has 8 aromatic carbocycles. The number of benzene rings is 8. The summed E-state index contributed by atoms with van der Waals surface area (Å²) in [6.45, 7) is 4.26. The van der Waals surface area contributed by atoms with Crippen LogP contribution in [0.3, 0.4) is 0 Å². The first-order valence-electron chi connectivity index (χ1n) is 16.3. The van der Waals surface area contributed by atoms with Gasteiger partial charge in [0, 0.05) is 10.8 Å². The fraction of sp³-hybridized carbons (Fsp3) is 0.0435. The second-order valence-electron chi connectivity index (χ2n) is 12.6. The van der Waals surface area contributed by atoms with Gasteiger partial charge >= 0.3 is 0 Å². The van der Waals surface area contributed by atoms with E-state index < -0.39 is 0 Å². The molecule has 0 atom stereocenters. The number of hydrogen-bond acceptors (Lipinski definition) is 1. The highest BCUT2D eigenvalue weighted by molar-refractivity contribution is 6.22. The molecule has 0 N–H and O–H groups in total. The van der Waals surface area contributed by atoms with Crippen LogP contribution in [0.15, 0.2) is 162 Å². The number of rotatable bonds is 4. The second kappa shape index (κ2) is 10.9. The predicted molar refractivity (Wildman–Crippen MR) is 200 cm³/mol. The molecule has 0 saturated carbocycles. The molecule has 0 radical (unpaired) electrons. The summed E-state index contributed by atoms with van der Waals surface area (Å²) in [5.74, 6) is 0. The van der Waals surface area contributed by atoms with E-state index in [-0.39, 0.29) is 0 Å². The van der Waals surface area contributed by atoms with Crippen LogP contribution in [0.1, 0.15) is 11.1 Å². The van der Waals surface area contributed by atoms with Gasteiger partial charge in [-0.15, -0.1) is 0 Å². The standard InChI is InChI=1S/C46H32O/c1-29-13-11-22-40-42-28-36(25-30(2)46(42)47-45(29)40)34-19-12-18-33(26-34)35-23-24-39-41(27-35)44(32-16-7-4-8-17-32)38-21-10-9-20-37(38)43(39)31-14-5-3-6-15-31/h3-28H,1-2H3. The average Bonchev–Trinajstić information content (AvgIpc) is 3.52. The van der Waals surface area contributed by atoms with Gasteiger partial charge in [0.2, 0.25) is 0 Å². The number of para-hydroxylation sites is 1. The first-order chi connectivity index (χ1) is 23.1. The Morgan fingerprint density at radius 3 is 1.49 bits per heavy atom. The van der Waals surface area contributed by atoms with E-state index in [1.54, 1.807) is 0 Å². The summed E-state index contributed by atoms with van der Waals surface area (Å²) in [6, 6.07) is 57.4. The van der Waals surface area contributed by atoms with Crippen molar-refractivity contribution in [2.75, 3.05) is 0 Å². The molecule has 47 heavy (non-hydrogen) atoms. The lowest BCUT2D eigenvalue weighted by Gasteiger charge is -2.19. The van der Waals surface area contributed by atoms with E-state index in [0.29, 0.717) is 0 Å². The van der Waals surface area contributed by atoms with Gasteiger partial charge in [0.15, 0.2) is 0 Å². The minimum Gasteiger partial charge on any atom is -0.456 e. The van der Waals surface area contributed by atoms with Gasteiger partial charge < -0.3 is 4.42 Å². The lowest BCUT2D eigenvalue weighted by molar-refractivity contribution is 0.663. The molecule has 1 aromatic heterocycles. The topological polar surface area (TPSA) is 13.1 Å². The van der Waals surface area contributed by atoms with Gasteiger partial charge in [-0.1, -0.05) is 133 Å². The second-order valence-corrected chi connectivity index (χ2v) is 12.6. The predicted octanol–water partition coefficient (Wildman–Crippen LogP) is 13.2. The van der Waals surface area contributed by atoms with Crippen molar-refractivity contribution in [3.8, 4) is 44.5 Å². The summed E-state index contributed by atoms with van der Waals surface area (Å²) in [5, 5.41) is 7.40. The van der Waals surface area contributed by atoms with Crippen molar-refractivity contribution in [1.29, 1.82) is 0 Å². The highest BCUT2D eigenvalue weighted by Crippen LogP contribution is 2.45. The Bertz CT molecular complexity index is 2620. The molecule has 0 aliphatic carbocycles. The van der Waals surface area contributed by atoms with E-state index in [4.69, 9.17) is 4.42 Å². The summed E-state index contributed by atoms with van der Waals surface area (Å²) < 4.78 is 6.36. The maximum absolute atomic E-state index is 6.36. The summed E-state index contributed by atoms with van der Waals surface area (Å²) in [5.41, 5.74) is 14.1. The van der Waals surface area contributed by atoms with Crippen LogP contribution in [0.4, 0.5) is 0 Å². The monoisotopic (exact) mass is 600 g/mol. The van der Waals surface area contributed by atoms with Gasteiger partial charge in [0.1, 0.15) is 11.2 Å². The van der Waals surface area contributed by atoms with Crippen LogP contribution in [0.2, 0.25) is 0 Å². The fourth-order valence-corrected chi connectivity index (χ4v) is 7.45. The molecule has 9 rings (SSSR count). The molecule has 0 aliphatic heterocycles. The van der Waals surface area contributed by atoms with Gasteiger partial charge in [-0.2, -0.15) is 0 Å². The van der Waals surface area contributed by atoms with Gasteiger partial charge in [-0.05, 0) is 115 Å². The molecule has 0 amide bonds. The molecule has 0 bridgehead atoms. The van der Waals surface area contributed by atoms with E-state index >= 15 is 0 Å². The first kappa shape index (κ1) is 27.4. The largest absolute Gasteiger partial charge is 0.456 e. The molecule has 0 spiro atoms. The third-order valence-corrected chi connectivity index (χ3v) is 9.66. The molecule has 222 valence electrons. The van der Waals surface area contributed by atoms with E-state index in [9.17, 15) is 0 Å². The molecule has 0 fully saturated rings. The highest BCUT2D eigenvalue weighted by atomic mass is 16.3. The van der Waals surface area contributed by atoms with Crippen LogP contribution in [0, 0.1) is 13.8 Å². The maximum Gasteiger partial charge on any atom is 0.138 e. The molecule has 1 heteroatoms. The average molecular weight is 601 g/mol. The Hall–Kier alpha value is -5.92. The number of furan rings is 1. The van der Waals surface area contributed by atoms with Gasteiger partial charge in [0.25, 0.3) is 0 Å². The molecule has 0 saturated heterocycles. The van der Waals surface area contributed by atoms with Crippen molar-refractivity contribution >= 4 is 43.5 Å². The quantitative estimate of drug-likeness (QED) is 0.183. The van der Waals surface area contributed by atoms with E-state index in [1.165, 1.54) is 76.8 Å². The summed E-state index contributed by atoms with van der Waals surface area (Å²) in [6.07, 6.45) is 0. The van der Waals surface area contributed by atoms with Crippen LogP contribution in [-0.2, 0) is 0 Å². The third-order valence-electron chi connectivity index (χ3n) is 9.66. The highest BCUT2D eigenvalue weighted by Gasteiger charge is 2.18. The minimum atomic E-state index is 0.971. The normalized spacial score (nSPS) is 11.6. The van der Waals surface area contributed by atoms with E-state index in [0.717, 1.165) is 22.3 Å². The molecular formula is C46H32O. The Balaban J connectivity index is 1.27. The zero-order valence-electron chi connectivity index (χ0n) is 26.4. The van der Waals surface area contributed by atoms with Crippen LogP contribution in [0.25, 0.3) is 88.0 Å². The first-order valence-corrected chi connectivity index (χ1v) is 16.3. The Morgan fingerprint density at radius 2 is 0.787 bits per heavy atom. The minimum absolute atomic E-state index is 0.971. The lowest BCUT2D eigenvalue weighted by Crippen LogP contribution is -1.91. The molecular weight excluding hydrogens is 569 g/mol. The number of aryl methyl sites for hydroxylation is 2. The smallest absolute Gasteiger partial charge is 0.138 e. The van der Waals surface area contributed by atoms with Crippen molar-refractivity contribution in [2.45, 2.75) is 13.8 Å². The number of fused-ring (bicyclic) bond motifs is 5. The molecule has 9 aromatic rings. The van der Waals surface area contributed by atoms with Gasteiger partial charge in [0.05, 0.1) is 0 Å². The van der Waals surface area contributed by atoms with E-state index in [1.807, 2.05) is 0 Å². The SMILES string of the molecule is Cc1cccc2c1oc1c(C)cc(-c3cccc(-c4ccc5c(-c6ccccc6)c6ccccc6c(-c6ccccc6)c5c4)c3)cc12. The molecule has 0 aliphatic rings. The van der Waals surface area contributed by atoms with Gasteiger partial charge in [-0.25, -0.2) is 0 Å². The Labute approximate surface area is 274 Å². The maximum atomic E-state index is 6.36. The van der Waals surface area contributed by atoms with Crippen molar-refractivity contribution in [3.05, 3.63) is 169 Å². The van der Waals surface area contributed by atoms with E-state index in [2.05, 4.69) is 172 Å². The molecule has 1 nitrogen and oxygen atoms in total. The van der Waals surface area contributed by atoms with Gasteiger partial charge in [-0.3, -0.25) is 0 Å². The van der Waals surface area contributed by atoms with Crippen molar-refractivity contribution in [2.24, 2.45) is 0 Å². The van der Waals surface area contributed by atoms with Crippen molar-refractivity contribution < 1.29 is 4.42 Å². The number of hydrogen-bond donors (Lipinski definition) is 0. The van der Waals surface area contributed by atoms with Crippen LogP contribution in [-0.4, -0.2) is 0 Å². The fourth-order valence-electron chi connectivity index (χ4n) is 7.45. The van der Waals surface area contributed by atoms with Crippen LogP contribution < -0.4 is 0 Å². The Morgan fingerprint density at radius 1 is 0.298 bits per heavy atom. The third kappa shape index (κ3) is 4.47. The summed E-state index contributed by atoms with van der Waals surface area (Å²) in [7, 11) is 0. The molecule has 0 unspecified atom stereocenters. The lowest BCUT2D eigenvalue weighted by atomic mass is 9.85. The van der Waals surface area contributed by atoms with Crippen molar-refractivity contribution in [1.82, 2.24) is 0 Å². The van der Waals surface area contributed by atoms with Crippen LogP contribution >= 0.6 is 0 Å². The zero-order chi connectivity index (χ0) is 31.5. The zero-order valence-corrected chi connectivity index (χ0v) is 26.4. The summed E-state index contributed by atoms with van der Waals surface area (Å²) in [4.78, 5) is 0. The van der Waals surface area contributed by atoms with Crippen LogP contribution in [0.5, 0.6) is 0 Å². The summed E-state index contributed by atoms with van der Waals surface area (Å²) >= 11 is 0. The molecule has 1 heterocycles.